The topological polar surface area (TPSA) is 67.9 Å². The number of aryl methyl sites for hydroxylation is 1. The molecule has 0 radical (unpaired) electrons. The van der Waals surface area contributed by atoms with Crippen LogP contribution in [-0.2, 0) is 9.59 Å². The van der Waals surface area contributed by atoms with Crippen molar-refractivity contribution in [2.45, 2.75) is 11.8 Å². The molecule has 0 aliphatic carbocycles. The van der Waals surface area contributed by atoms with E-state index in [1.54, 1.807) is 44.6 Å². The van der Waals surface area contributed by atoms with Crippen molar-refractivity contribution < 1.29 is 19.1 Å². The summed E-state index contributed by atoms with van der Waals surface area (Å²) in [5.74, 6) is 0.314. The Hall–Kier alpha value is -3.71. The Bertz CT molecular complexity index is 1190. The van der Waals surface area contributed by atoms with Crippen molar-refractivity contribution >= 4 is 35.0 Å². The average Bonchev–Trinajstić information content (AvgIpc) is 3.04. The quantitative estimate of drug-likeness (QED) is 0.515. The van der Waals surface area contributed by atoms with Gasteiger partial charge in [0.05, 0.1) is 25.6 Å². The summed E-state index contributed by atoms with van der Waals surface area (Å²) in [6.45, 7) is 1.95. The van der Waals surface area contributed by atoms with E-state index < -0.39 is 5.91 Å². The molecule has 2 amide bonds. The van der Waals surface area contributed by atoms with Crippen molar-refractivity contribution in [1.29, 1.82) is 0 Å². The van der Waals surface area contributed by atoms with Crippen LogP contribution >= 0.6 is 11.8 Å². The van der Waals surface area contributed by atoms with Gasteiger partial charge in [0.1, 0.15) is 22.1 Å². The van der Waals surface area contributed by atoms with E-state index in [0.29, 0.717) is 27.8 Å². The number of anilines is 2. The lowest BCUT2D eigenvalue weighted by Gasteiger charge is -2.16. The summed E-state index contributed by atoms with van der Waals surface area (Å²) < 4.78 is 10.7. The van der Waals surface area contributed by atoms with Crippen LogP contribution in [0.2, 0.25) is 0 Å². The maximum absolute atomic E-state index is 13.5. The second-order valence-corrected chi connectivity index (χ2v) is 8.18. The number of nitrogens with one attached hydrogen (secondary N) is 1. The lowest BCUT2D eigenvalue weighted by molar-refractivity contribution is -0.120. The SMILES string of the molecule is COc1ccc(OC)c(NC2=C(Sc3ccccc3)C(=O)N(c3ccc(C)cc3)C2=O)c1. The number of ether oxygens (including phenoxy) is 2. The van der Waals surface area contributed by atoms with Crippen LogP contribution in [0.3, 0.4) is 0 Å². The molecule has 0 unspecified atom stereocenters. The van der Waals surface area contributed by atoms with Crippen molar-refractivity contribution in [2.75, 3.05) is 24.4 Å². The minimum Gasteiger partial charge on any atom is -0.497 e. The monoisotopic (exact) mass is 446 g/mol. The van der Waals surface area contributed by atoms with Gasteiger partial charge in [-0.25, -0.2) is 4.90 Å². The van der Waals surface area contributed by atoms with Gasteiger partial charge in [0.25, 0.3) is 11.8 Å². The van der Waals surface area contributed by atoms with E-state index in [4.69, 9.17) is 9.47 Å². The van der Waals surface area contributed by atoms with Crippen molar-refractivity contribution in [2.24, 2.45) is 0 Å². The number of rotatable bonds is 7. The van der Waals surface area contributed by atoms with Crippen LogP contribution in [0.15, 0.2) is 88.3 Å². The molecule has 0 bridgehead atoms. The lowest BCUT2D eigenvalue weighted by Crippen LogP contribution is -2.32. The van der Waals surface area contributed by atoms with E-state index in [-0.39, 0.29) is 11.6 Å². The largest absolute Gasteiger partial charge is 0.497 e. The van der Waals surface area contributed by atoms with E-state index in [9.17, 15) is 9.59 Å². The first kappa shape index (κ1) is 21.5. The maximum Gasteiger partial charge on any atom is 0.283 e. The molecular weight excluding hydrogens is 424 g/mol. The van der Waals surface area contributed by atoms with Gasteiger partial charge in [-0.1, -0.05) is 47.7 Å². The Morgan fingerprint density at radius 3 is 2.22 bits per heavy atom. The molecule has 0 aromatic heterocycles. The molecule has 7 heteroatoms. The van der Waals surface area contributed by atoms with Gasteiger partial charge in [0.2, 0.25) is 0 Å². The summed E-state index contributed by atoms with van der Waals surface area (Å²) in [5.41, 5.74) is 2.28. The highest BCUT2D eigenvalue weighted by Gasteiger charge is 2.40. The molecule has 6 nitrogen and oxygen atoms in total. The van der Waals surface area contributed by atoms with Crippen LogP contribution in [-0.4, -0.2) is 26.0 Å². The van der Waals surface area contributed by atoms with Gasteiger partial charge in [-0.3, -0.25) is 9.59 Å². The summed E-state index contributed by atoms with van der Waals surface area (Å²) in [7, 11) is 3.10. The van der Waals surface area contributed by atoms with Crippen molar-refractivity contribution in [3.8, 4) is 11.5 Å². The van der Waals surface area contributed by atoms with E-state index in [2.05, 4.69) is 5.32 Å². The molecule has 4 rings (SSSR count). The standard InChI is InChI=1S/C25H22N2O4S/c1-16-9-11-17(12-10-16)27-24(28)22(23(25(27)29)32-19-7-5-4-6-8-19)26-20-15-18(30-2)13-14-21(20)31-3/h4-15,26H,1-3H3. The molecule has 0 fully saturated rings. The van der Waals surface area contributed by atoms with Gasteiger partial charge >= 0.3 is 0 Å². The number of hydrogen-bond acceptors (Lipinski definition) is 6. The Kier molecular flexibility index (Phi) is 6.18. The Morgan fingerprint density at radius 2 is 1.56 bits per heavy atom. The summed E-state index contributed by atoms with van der Waals surface area (Å²) in [6, 6.07) is 22.0. The zero-order chi connectivity index (χ0) is 22.7. The van der Waals surface area contributed by atoms with Crippen molar-refractivity contribution in [3.63, 3.8) is 0 Å². The number of benzene rings is 3. The van der Waals surface area contributed by atoms with E-state index in [1.165, 1.54) is 16.7 Å². The third kappa shape index (κ3) is 4.20. The summed E-state index contributed by atoms with van der Waals surface area (Å²) in [5, 5.41) is 3.14. The molecule has 1 heterocycles. The third-order valence-corrected chi connectivity index (χ3v) is 6.05. The first-order valence-corrected chi connectivity index (χ1v) is 10.7. The number of hydrogen-bond donors (Lipinski definition) is 1. The maximum atomic E-state index is 13.5. The second kappa shape index (κ2) is 9.20. The van der Waals surface area contributed by atoms with Gasteiger partial charge < -0.3 is 14.8 Å². The molecule has 0 saturated heterocycles. The van der Waals surface area contributed by atoms with Crippen molar-refractivity contribution in [1.82, 2.24) is 0 Å². The highest BCUT2D eigenvalue weighted by molar-refractivity contribution is 8.04. The van der Waals surface area contributed by atoms with Crippen LogP contribution < -0.4 is 19.7 Å². The predicted octanol–water partition coefficient (Wildman–Crippen LogP) is 5.00. The first-order valence-electron chi connectivity index (χ1n) is 9.93. The molecule has 0 atom stereocenters. The molecule has 1 N–H and O–H groups in total. The van der Waals surface area contributed by atoms with Gasteiger partial charge in [-0.05, 0) is 43.3 Å². The smallest absolute Gasteiger partial charge is 0.283 e. The van der Waals surface area contributed by atoms with Gasteiger partial charge in [0.15, 0.2) is 0 Å². The number of carbonyl (C=O) groups is 2. The van der Waals surface area contributed by atoms with Crippen LogP contribution in [0.1, 0.15) is 5.56 Å². The highest BCUT2D eigenvalue weighted by Crippen LogP contribution is 2.39. The molecule has 0 saturated carbocycles. The molecule has 1 aliphatic heterocycles. The zero-order valence-electron chi connectivity index (χ0n) is 17.9. The first-order chi connectivity index (χ1) is 15.5. The minimum absolute atomic E-state index is 0.191. The fourth-order valence-electron chi connectivity index (χ4n) is 3.30. The molecule has 162 valence electrons. The van der Waals surface area contributed by atoms with Crippen LogP contribution in [0.25, 0.3) is 0 Å². The van der Waals surface area contributed by atoms with Crippen LogP contribution in [0.5, 0.6) is 11.5 Å². The van der Waals surface area contributed by atoms with E-state index in [1.807, 2.05) is 49.4 Å². The average molecular weight is 447 g/mol. The zero-order valence-corrected chi connectivity index (χ0v) is 18.7. The molecule has 3 aromatic carbocycles. The molecule has 32 heavy (non-hydrogen) atoms. The van der Waals surface area contributed by atoms with Gasteiger partial charge in [0, 0.05) is 11.0 Å². The van der Waals surface area contributed by atoms with E-state index in [0.717, 1.165) is 10.5 Å². The van der Waals surface area contributed by atoms with E-state index >= 15 is 0 Å². The number of thioether (sulfide) groups is 1. The van der Waals surface area contributed by atoms with Gasteiger partial charge in [-0.15, -0.1) is 0 Å². The highest BCUT2D eigenvalue weighted by atomic mass is 32.2. The number of amides is 2. The minimum atomic E-state index is -0.429. The van der Waals surface area contributed by atoms with Crippen molar-refractivity contribution in [3.05, 3.63) is 89.0 Å². The lowest BCUT2D eigenvalue weighted by atomic mass is 10.2. The van der Waals surface area contributed by atoms with Gasteiger partial charge in [-0.2, -0.15) is 0 Å². The Morgan fingerprint density at radius 1 is 0.844 bits per heavy atom. The Balaban J connectivity index is 1.78. The van der Waals surface area contributed by atoms with Crippen LogP contribution in [0.4, 0.5) is 11.4 Å². The summed E-state index contributed by atoms with van der Waals surface area (Å²) in [6.07, 6.45) is 0. The fourth-order valence-corrected chi connectivity index (χ4v) is 4.24. The number of imide groups is 1. The Labute approximate surface area is 190 Å². The summed E-state index contributed by atoms with van der Waals surface area (Å²) in [4.78, 5) is 29.2. The summed E-state index contributed by atoms with van der Waals surface area (Å²) >= 11 is 1.25. The third-order valence-electron chi connectivity index (χ3n) is 4.96. The molecule has 0 spiro atoms. The molecular formula is C25H22N2O4S. The molecule has 3 aromatic rings. The predicted molar refractivity (Wildman–Crippen MR) is 126 cm³/mol. The van der Waals surface area contributed by atoms with Crippen LogP contribution in [0, 0.1) is 6.92 Å². The number of nitrogens with zero attached hydrogens (tertiary/aromatic N) is 1. The fraction of sp³-hybridized carbons (Fsp3) is 0.120. The second-order valence-electron chi connectivity index (χ2n) is 7.09. The molecule has 1 aliphatic rings. The normalized spacial score (nSPS) is 13.5. The number of carbonyl (C=O) groups excluding carboxylic acids is 2. The number of methoxy groups -OCH3 is 2.